The van der Waals surface area contributed by atoms with Gasteiger partial charge in [-0.3, -0.25) is 4.99 Å². The van der Waals surface area contributed by atoms with Crippen molar-refractivity contribution in [2.45, 2.75) is 44.2 Å². The molecule has 3 rings (SSSR count). The first-order chi connectivity index (χ1) is 7.93. The molecule has 1 atom stereocenters. The van der Waals surface area contributed by atoms with Crippen LogP contribution in [0.2, 0.25) is 0 Å². The number of aliphatic imine (C=N–C) groups is 1. The van der Waals surface area contributed by atoms with E-state index in [9.17, 15) is 0 Å². The lowest BCUT2D eigenvalue weighted by Gasteiger charge is -2.31. The molecule has 0 aromatic heterocycles. The summed E-state index contributed by atoms with van der Waals surface area (Å²) in [4.78, 5) is 7.08. The van der Waals surface area contributed by atoms with Crippen LogP contribution in [0.3, 0.4) is 0 Å². The lowest BCUT2D eigenvalue weighted by Crippen LogP contribution is -2.49. The van der Waals surface area contributed by atoms with Crippen molar-refractivity contribution in [2.75, 3.05) is 26.2 Å². The molecule has 0 amide bonds. The first-order valence-corrected chi connectivity index (χ1v) is 6.72. The van der Waals surface area contributed by atoms with E-state index in [4.69, 9.17) is 0 Å². The van der Waals surface area contributed by atoms with Gasteiger partial charge in [0, 0.05) is 25.2 Å². The fourth-order valence-corrected chi connectivity index (χ4v) is 2.69. The molecule has 4 heteroatoms. The van der Waals surface area contributed by atoms with E-state index in [2.05, 4.69) is 20.5 Å². The van der Waals surface area contributed by atoms with Crippen molar-refractivity contribution < 1.29 is 0 Å². The third-order valence-electron chi connectivity index (χ3n) is 3.75. The normalized spacial score (nSPS) is 29.8. The van der Waals surface area contributed by atoms with Gasteiger partial charge in [0.25, 0.3) is 0 Å². The van der Waals surface area contributed by atoms with Crippen LogP contribution >= 0.6 is 0 Å². The topological polar surface area (TPSA) is 39.7 Å². The molecule has 2 aliphatic heterocycles. The third-order valence-corrected chi connectivity index (χ3v) is 3.75. The maximum absolute atomic E-state index is 4.57. The summed E-state index contributed by atoms with van der Waals surface area (Å²) in [5.74, 6) is 1.16. The highest BCUT2D eigenvalue weighted by Gasteiger charge is 2.33. The summed E-state index contributed by atoms with van der Waals surface area (Å²) in [6.45, 7) is 4.33. The highest BCUT2D eigenvalue weighted by Crippen LogP contribution is 2.28. The van der Waals surface area contributed by atoms with Crippen LogP contribution in [0.15, 0.2) is 4.99 Å². The van der Waals surface area contributed by atoms with Crippen molar-refractivity contribution in [1.82, 2.24) is 15.5 Å². The maximum Gasteiger partial charge on any atom is 0.194 e. The Hall–Kier alpha value is -0.770. The molecule has 2 heterocycles. The Balaban J connectivity index is 1.59. The second kappa shape index (κ2) is 4.62. The predicted molar refractivity (Wildman–Crippen MR) is 65.7 cm³/mol. The van der Waals surface area contributed by atoms with Gasteiger partial charge in [-0.1, -0.05) is 6.42 Å². The Kier molecular flexibility index (Phi) is 3.00. The average Bonchev–Trinajstić information content (AvgIpc) is 3.02. The molecular formula is C12H22N4. The number of hydrogen-bond donors (Lipinski definition) is 2. The van der Waals surface area contributed by atoms with Crippen LogP contribution in [-0.4, -0.2) is 49.1 Å². The van der Waals surface area contributed by atoms with Crippen molar-refractivity contribution in [2.24, 2.45) is 4.99 Å². The molecule has 2 N–H and O–H groups in total. The number of hydrogen-bond acceptors (Lipinski definition) is 4. The largest absolute Gasteiger partial charge is 0.354 e. The minimum Gasteiger partial charge on any atom is -0.354 e. The number of piperidine rings is 1. The standard InChI is InChI=1S/C12H22N4/c1-2-6-13-10(3-1)9-16(11-4-5-11)12-14-7-8-15-12/h10-11,13H,1-9H2,(H,14,15). The van der Waals surface area contributed by atoms with E-state index < -0.39 is 0 Å². The van der Waals surface area contributed by atoms with Gasteiger partial charge in [-0.25, -0.2) is 0 Å². The van der Waals surface area contributed by atoms with Gasteiger partial charge < -0.3 is 15.5 Å². The molecule has 1 saturated carbocycles. The van der Waals surface area contributed by atoms with Crippen LogP contribution < -0.4 is 10.6 Å². The molecule has 0 radical (unpaired) electrons. The highest BCUT2D eigenvalue weighted by atomic mass is 15.4. The van der Waals surface area contributed by atoms with Gasteiger partial charge in [-0.2, -0.15) is 0 Å². The van der Waals surface area contributed by atoms with E-state index in [0.29, 0.717) is 6.04 Å². The molecule has 3 aliphatic rings. The molecule has 2 fully saturated rings. The van der Waals surface area contributed by atoms with Crippen LogP contribution in [0.4, 0.5) is 0 Å². The Bertz CT molecular complexity index is 266. The molecule has 1 aliphatic carbocycles. The van der Waals surface area contributed by atoms with Crippen molar-refractivity contribution in [3.63, 3.8) is 0 Å². The van der Waals surface area contributed by atoms with Crippen molar-refractivity contribution in [3.05, 3.63) is 0 Å². The maximum atomic E-state index is 4.57. The summed E-state index contributed by atoms with van der Waals surface area (Å²) in [6, 6.07) is 1.45. The van der Waals surface area contributed by atoms with Crippen molar-refractivity contribution in [1.29, 1.82) is 0 Å². The fraction of sp³-hybridized carbons (Fsp3) is 0.917. The summed E-state index contributed by atoms with van der Waals surface area (Å²) < 4.78 is 0. The van der Waals surface area contributed by atoms with Gasteiger partial charge in [-0.15, -0.1) is 0 Å². The SMILES string of the molecule is C1CCC(CN(C2=NCCN2)C2CC2)NC1. The molecule has 16 heavy (non-hydrogen) atoms. The van der Waals surface area contributed by atoms with Gasteiger partial charge in [-0.05, 0) is 32.2 Å². The Morgan fingerprint density at radius 1 is 1.19 bits per heavy atom. The molecule has 4 nitrogen and oxygen atoms in total. The van der Waals surface area contributed by atoms with E-state index in [1.807, 2.05) is 0 Å². The number of rotatable bonds is 3. The monoisotopic (exact) mass is 222 g/mol. The van der Waals surface area contributed by atoms with Gasteiger partial charge in [0.2, 0.25) is 0 Å². The lowest BCUT2D eigenvalue weighted by molar-refractivity contribution is 0.298. The van der Waals surface area contributed by atoms with E-state index in [-0.39, 0.29) is 0 Å². The average molecular weight is 222 g/mol. The number of guanidine groups is 1. The molecule has 1 unspecified atom stereocenters. The zero-order valence-electron chi connectivity index (χ0n) is 9.91. The zero-order chi connectivity index (χ0) is 10.8. The molecule has 1 saturated heterocycles. The van der Waals surface area contributed by atoms with Crippen LogP contribution in [0.25, 0.3) is 0 Å². The van der Waals surface area contributed by atoms with Gasteiger partial charge in [0.1, 0.15) is 0 Å². The van der Waals surface area contributed by atoms with Crippen molar-refractivity contribution >= 4 is 5.96 Å². The predicted octanol–water partition coefficient (Wildman–Crippen LogP) is 0.552. The quantitative estimate of drug-likeness (QED) is 0.732. The first kappa shape index (κ1) is 10.4. The van der Waals surface area contributed by atoms with Gasteiger partial charge in [0.05, 0.1) is 6.54 Å². The van der Waals surface area contributed by atoms with E-state index in [0.717, 1.165) is 31.6 Å². The highest BCUT2D eigenvalue weighted by molar-refractivity contribution is 5.82. The molecule has 0 spiro atoms. The van der Waals surface area contributed by atoms with Crippen LogP contribution in [0.5, 0.6) is 0 Å². The minimum absolute atomic E-state index is 0.680. The van der Waals surface area contributed by atoms with E-state index in [1.54, 1.807) is 0 Å². The fourth-order valence-electron chi connectivity index (χ4n) is 2.69. The van der Waals surface area contributed by atoms with Crippen LogP contribution in [0, 0.1) is 0 Å². The summed E-state index contributed by atoms with van der Waals surface area (Å²) in [5, 5.41) is 7.05. The summed E-state index contributed by atoms with van der Waals surface area (Å²) >= 11 is 0. The second-order valence-corrected chi connectivity index (χ2v) is 5.16. The summed E-state index contributed by atoms with van der Waals surface area (Å²) in [7, 11) is 0. The zero-order valence-corrected chi connectivity index (χ0v) is 9.91. The second-order valence-electron chi connectivity index (χ2n) is 5.16. The van der Waals surface area contributed by atoms with Gasteiger partial charge in [0.15, 0.2) is 5.96 Å². The van der Waals surface area contributed by atoms with Crippen LogP contribution in [-0.2, 0) is 0 Å². The third kappa shape index (κ3) is 2.32. The minimum atomic E-state index is 0.680. The lowest BCUT2D eigenvalue weighted by atomic mass is 10.0. The summed E-state index contributed by atoms with van der Waals surface area (Å²) in [6.07, 6.45) is 6.77. The molecule has 0 aromatic carbocycles. The van der Waals surface area contributed by atoms with Gasteiger partial charge >= 0.3 is 0 Å². The van der Waals surface area contributed by atoms with Crippen LogP contribution in [0.1, 0.15) is 32.1 Å². The molecule has 0 bridgehead atoms. The van der Waals surface area contributed by atoms with Crippen molar-refractivity contribution in [3.8, 4) is 0 Å². The number of nitrogens with one attached hydrogen (secondary N) is 2. The Morgan fingerprint density at radius 3 is 2.75 bits per heavy atom. The van der Waals surface area contributed by atoms with E-state index in [1.165, 1.54) is 38.6 Å². The molecular weight excluding hydrogens is 200 g/mol. The smallest absolute Gasteiger partial charge is 0.194 e. The Labute approximate surface area is 97.5 Å². The summed E-state index contributed by atoms with van der Waals surface area (Å²) in [5.41, 5.74) is 0. The van der Waals surface area contributed by atoms with E-state index >= 15 is 0 Å². The number of nitrogens with zero attached hydrogens (tertiary/aromatic N) is 2. The first-order valence-electron chi connectivity index (χ1n) is 6.72. The molecule has 90 valence electrons. The Morgan fingerprint density at radius 2 is 2.12 bits per heavy atom. The molecule has 0 aromatic rings.